The van der Waals surface area contributed by atoms with E-state index in [0.717, 1.165) is 11.1 Å². The summed E-state index contributed by atoms with van der Waals surface area (Å²) in [7, 11) is 0. The molecule has 4 nitrogen and oxygen atoms in total. The molecule has 0 bridgehead atoms. The van der Waals surface area contributed by atoms with E-state index in [0.29, 0.717) is 16.8 Å². The Kier molecular flexibility index (Phi) is 5.05. The smallest absolute Gasteiger partial charge is 0.337 e. The Morgan fingerprint density at radius 3 is 2.23 bits per heavy atom. The standard InChI is InChI=1S/C21H16ClNO3/c1-13-18(12-11-17(19(13)22)21(25)26)23-20(24)16-10-6-5-9-15(16)14-7-3-2-4-8-14/h2-12H,1H3,(H,23,24)(H,25,26). The van der Waals surface area contributed by atoms with Crippen LogP contribution in [0.15, 0.2) is 66.7 Å². The van der Waals surface area contributed by atoms with Crippen LogP contribution in [-0.2, 0) is 0 Å². The molecule has 0 heterocycles. The minimum Gasteiger partial charge on any atom is -0.478 e. The molecule has 0 fully saturated rings. The highest BCUT2D eigenvalue weighted by molar-refractivity contribution is 6.34. The summed E-state index contributed by atoms with van der Waals surface area (Å²) >= 11 is 6.12. The average Bonchev–Trinajstić information content (AvgIpc) is 2.66. The number of amides is 1. The fraction of sp³-hybridized carbons (Fsp3) is 0.0476. The van der Waals surface area contributed by atoms with Gasteiger partial charge in [0, 0.05) is 11.3 Å². The minimum atomic E-state index is -1.11. The van der Waals surface area contributed by atoms with Crippen LogP contribution in [0.4, 0.5) is 5.69 Å². The highest BCUT2D eigenvalue weighted by Gasteiger charge is 2.17. The van der Waals surface area contributed by atoms with Crippen molar-refractivity contribution < 1.29 is 14.7 Å². The molecule has 0 spiro atoms. The second-order valence-electron chi connectivity index (χ2n) is 5.77. The van der Waals surface area contributed by atoms with E-state index >= 15 is 0 Å². The van der Waals surface area contributed by atoms with Gasteiger partial charge in [0.25, 0.3) is 5.91 Å². The number of benzene rings is 3. The van der Waals surface area contributed by atoms with Gasteiger partial charge in [0.1, 0.15) is 0 Å². The van der Waals surface area contributed by atoms with E-state index in [9.17, 15) is 9.59 Å². The van der Waals surface area contributed by atoms with E-state index in [4.69, 9.17) is 16.7 Å². The van der Waals surface area contributed by atoms with Crippen LogP contribution in [0, 0.1) is 6.92 Å². The van der Waals surface area contributed by atoms with Gasteiger partial charge in [-0.05, 0) is 41.8 Å². The molecule has 0 unspecified atom stereocenters. The number of aromatic carboxylic acids is 1. The minimum absolute atomic E-state index is 0.00634. The summed E-state index contributed by atoms with van der Waals surface area (Å²) in [5, 5.41) is 12.1. The van der Waals surface area contributed by atoms with Gasteiger partial charge in [-0.1, -0.05) is 60.1 Å². The second-order valence-corrected chi connectivity index (χ2v) is 6.15. The molecule has 1 amide bonds. The first-order chi connectivity index (χ1) is 12.5. The van der Waals surface area contributed by atoms with E-state index in [2.05, 4.69) is 5.32 Å². The van der Waals surface area contributed by atoms with Crippen LogP contribution in [0.3, 0.4) is 0 Å². The molecule has 3 rings (SSSR count). The van der Waals surface area contributed by atoms with Crippen LogP contribution in [0.2, 0.25) is 5.02 Å². The van der Waals surface area contributed by atoms with Gasteiger partial charge >= 0.3 is 5.97 Å². The van der Waals surface area contributed by atoms with Crippen molar-refractivity contribution >= 4 is 29.2 Å². The lowest BCUT2D eigenvalue weighted by molar-refractivity contribution is 0.0697. The van der Waals surface area contributed by atoms with Gasteiger partial charge < -0.3 is 10.4 Å². The Balaban J connectivity index is 1.95. The number of hydrogen-bond donors (Lipinski definition) is 2. The van der Waals surface area contributed by atoms with Crippen LogP contribution in [0.25, 0.3) is 11.1 Å². The Morgan fingerprint density at radius 2 is 1.54 bits per heavy atom. The molecular weight excluding hydrogens is 350 g/mol. The van der Waals surface area contributed by atoms with Crippen molar-refractivity contribution in [1.82, 2.24) is 0 Å². The maximum atomic E-state index is 12.8. The number of hydrogen-bond acceptors (Lipinski definition) is 2. The number of carboxylic acid groups (broad SMARTS) is 1. The first-order valence-electron chi connectivity index (χ1n) is 7.97. The Bertz CT molecular complexity index is 984. The Morgan fingerprint density at radius 1 is 0.885 bits per heavy atom. The van der Waals surface area contributed by atoms with E-state index in [1.54, 1.807) is 25.1 Å². The monoisotopic (exact) mass is 365 g/mol. The number of carboxylic acids is 1. The quantitative estimate of drug-likeness (QED) is 0.662. The van der Waals surface area contributed by atoms with Crippen molar-refractivity contribution in [3.05, 3.63) is 88.4 Å². The molecule has 5 heteroatoms. The number of carbonyl (C=O) groups is 2. The molecule has 3 aromatic carbocycles. The molecule has 130 valence electrons. The molecule has 0 aliphatic heterocycles. The van der Waals surface area contributed by atoms with E-state index in [-0.39, 0.29) is 16.5 Å². The summed E-state index contributed by atoms with van der Waals surface area (Å²) in [6.07, 6.45) is 0. The lowest BCUT2D eigenvalue weighted by Gasteiger charge is -2.13. The number of rotatable bonds is 4. The van der Waals surface area contributed by atoms with Crippen LogP contribution in [0.1, 0.15) is 26.3 Å². The summed E-state index contributed by atoms with van der Waals surface area (Å²) in [5.41, 5.74) is 3.28. The number of carbonyl (C=O) groups excluding carboxylic acids is 1. The van der Waals surface area contributed by atoms with Gasteiger partial charge in [-0.15, -0.1) is 0 Å². The zero-order valence-corrected chi connectivity index (χ0v) is 14.7. The zero-order valence-electron chi connectivity index (χ0n) is 14.0. The molecule has 0 saturated heterocycles. The largest absolute Gasteiger partial charge is 0.478 e. The third kappa shape index (κ3) is 3.46. The van der Waals surface area contributed by atoms with Gasteiger partial charge in [0.2, 0.25) is 0 Å². The lowest BCUT2D eigenvalue weighted by atomic mass is 9.99. The van der Waals surface area contributed by atoms with Gasteiger partial charge in [-0.25, -0.2) is 4.79 Å². The molecular formula is C21H16ClNO3. The average molecular weight is 366 g/mol. The Hall–Kier alpha value is -3.11. The molecule has 0 radical (unpaired) electrons. The topological polar surface area (TPSA) is 66.4 Å². The van der Waals surface area contributed by atoms with Crippen molar-refractivity contribution in [1.29, 1.82) is 0 Å². The van der Waals surface area contributed by atoms with E-state index < -0.39 is 5.97 Å². The summed E-state index contributed by atoms with van der Waals surface area (Å²) in [6.45, 7) is 1.67. The van der Waals surface area contributed by atoms with Gasteiger partial charge in [-0.2, -0.15) is 0 Å². The van der Waals surface area contributed by atoms with E-state index in [1.807, 2.05) is 42.5 Å². The lowest BCUT2D eigenvalue weighted by Crippen LogP contribution is -2.14. The van der Waals surface area contributed by atoms with Crippen molar-refractivity contribution in [2.75, 3.05) is 5.32 Å². The molecule has 0 aliphatic rings. The molecule has 0 saturated carbocycles. The first-order valence-corrected chi connectivity index (χ1v) is 8.35. The maximum Gasteiger partial charge on any atom is 0.337 e. The number of anilines is 1. The second kappa shape index (κ2) is 7.42. The predicted octanol–water partition coefficient (Wildman–Crippen LogP) is 5.27. The maximum absolute atomic E-state index is 12.8. The first kappa shape index (κ1) is 17.7. The van der Waals surface area contributed by atoms with Crippen molar-refractivity contribution in [3.63, 3.8) is 0 Å². The summed E-state index contributed by atoms with van der Waals surface area (Å²) in [5.74, 6) is -1.39. The molecule has 3 aromatic rings. The molecule has 26 heavy (non-hydrogen) atoms. The molecule has 0 aromatic heterocycles. The van der Waals surface area contributed by atoms with Gasteiger partial charge in [0.15, 0.2) is 0 Å². The van der Waals surface area contributed by atoms with Crippen molar-refractivity contribution in [2.45, 2.75) is 6.92 Å². The van der Waals surface area contributed by atoms with Crippen LogP contribution in [0.5, 0.6) is 0 Å². The van der Waals surface area contributed by atoms with Crippen molar-refractivity contribution in [2.24, 2.45) is 0 Å². The fourth-order valence-corrected chi connectivity index (χ4v) is 2.97. The normalized spacial score (nSPS) is 10.4. The number of nitrogens with one attached hydrogen (secondary N) is 1. The SMILES string of the molecule is Cc1c(NC(=O)c2ccccc2-c2ccccc2)ccc(C(=O)O)c1Cl. The summed E-state index contributed by atoms with van der Waals surface area (Å²) < 4.78 is 0. The fourth-order valence-electron chi connectivity index (χ4n) is 2.73. The van der Waals surface area contributed by atoms with Crippen LogP contribution >= 0.6 is 11.6 Å². The summed E-state index contributed by atoms with van der Waals surface area (Å²) in [6, 6.07) is 19.9. The molecule has 2 N–H and O–H groups in total. The third-order valence-corrected chi connectivity index (χ3v) is 4.61. The van der Waals surface area contributed by atoms with Crippen LogP contribution < -0.4 is 5.32 Å². The Labute approximate surface area is 156 Å². The predicted molar refractivity (Wildman–Crippen MR) is 103 cm³/mol. The molecule has 0 atom stereocenters. The summed E-state index contributed by atoms with van der Waals surface area (Å²) in [4.78, 5) is 24.0. The zero-order chi connectivity index (χ0) is 18.7. The number of halogens is 1. The van der Waals surface area contributed by atoms with E-state index in [1.165, 1.54) is 6.07 Å². The van der Waals surface area contributed by atoms with Gasteiger partial charge in [-0.3, -0.25) is 4.79 Å². The highest BCUT2D eigenvalue weighted by atomic mass is 35.5. The molecule has 0 aliphatic carbocycles. The van der Waals surface area contributed by atoms with Crippen molar-refractivity contribution in [3.8, 4) is 11.1 Å². The third-order valence-electron chi connectivity index (χ3n) is 4.12. The van der Waals surface area contributed by atoms with Gasteiger partial charge in [0.05, 0.1) is 10.6 Å². The highest BCUT2D eigenvalue weighted by Crippen LogP contribution is 2.29. The van der Waals surface area contributed by atoms with Crippen LogP contribution in [-0.4, -0.2) is 17.0 Å².